The van der Waals surface area contributed by atoms with Crippen LogP contribution in [0.3, 0.4) is 0 Å². The highest BCUT2D eigenvalue weighted by atomic mass is 15.4. The summed E-state index contributed by atoms with van der Waals surface area (Å²) in [4.78, 5) is 5.38. The molecule has 2 atom stereocenters. The van der Waals surface area contributed by atoms with Gasteiger partial charge >= 0.3 is 0 Å². The lowest BCUT2D eigenvalue weighted by molar-refractivity contribution is -0.00767. The molecule has 1 heterocycles. The molecule has 2 nitrogen and oxygen atoms in total. The van der Waals surface area contributed by atoms with E-state index in [1.807, 2.05) is 0 Å². The summed E-state index contributed by atoms with van der Waals surface area (Å²) in [5, 5.41) is 0. The van der Waals surface area contributed by atoms with E-state index in [1.54, 1.807) is 0 Å². The number of nitrogens with zero attached hydrogens (tertiary/aromatic N) is 2. The van der Waals surface area contributed by atoms with Crippen LogP contribution >= 0.6 is 0 Å². The van der Waals surface area contributed by atoms with Gasteiger partial charge in [0.1, 0.15) is 5.66 Å². The highest BCUT2D eigenvalue weighted by Crippen LogP contribution is 2.45. The van der Waals surface area contributed by atoms with Crippen LogP contribution in [0.1, 0.15) is 107 Å². The van der Waals surface area contributed by atoms with E-state index < -0.39 is 0 Å². The Hall–Kier alpha value is -3.00. The number of hydrogen-bond acceptors (Lipinski definition) is 2. The molecule has 0 saturated carbocycles. The van der Waals surface area contributed by atoms with Crippen molar-refractivity contribution in [2.45, 2.75) is 109 Å². The number of benzene rings is 3. The Morgan fingerprint density at radius 3 is 1.62 bits per heavy atom. The lowest BCUT2D eigenvalue weighted by Gasteiger charge is -2.51. The molecule has 1 aliphatic heterocycles. The van der Waals surface area contributed by atoms with E-state index in [2.05, 4.69) is 127 Å². The highest BCUT2D eigenvalue weighted by Gasteiger charge is 2.49. The van der Waals surface area contributed by atoms with Gasteiger partial charge in [0.15, 0.2) is 0 Å². The molecule has 3 aromatic carbocycles. The molecule has 0 fully saturated rings. The van der Waals surface area contributed by atoms with Gasteiger partial charge in [-0.05, 0) is 29.5 Å². The summed E-state index contributed by atoms with van der Waals surface area (Å²) in [5.41, 5.74) is 4.07. The molecule has 0 spiro atoms. The Balaban J connectivity index is 1.54. The molecule has 4 rings (SSSR count). The topological polar surface area (TPSA) is 6.48 Å². The maximum atomic E-state index is 2.72. The van der Waals surface area contributed by atoms with Gasteiger partial charge in [0.25, 0.3) is 0 Å². The molecular formula is C38H52N2. The third kappa shape index (κ3) is 8.03. The van der Waals surface area contributed by atoms with Crippen molar-refractivity contribution >= 4 is 0 Å². The third-order valence-electron chi connectivity index (χ3n) is 8.84. The summed E-state index contributed by atoms with van der Waals surface area (Å²) in [6.45, 7) is 6.70. The van der Waals surface area contributed by atoms with Crippen LogP contribution in [-0.4, -0.2) is 22.0 Å². The molecule has 3 aromatic rings. The van der Waals surface area contributed by atoms with Crippen molar-refractivity contribution in [3.8, 4) is 0 Å². The fourth-order valence-electron chi connectivity index (χ4n) is 6.73. The SMILES string of the molecule is CCCCCCCCCCCCN1C=CN(Cc2ccccc2)C1(Cc1ccccc1)C(CC)c1ccccc1. The van der Waals surface area contributed by atoms with Gasteiger partial charge in [-0.3, -0.25) is 0 Å². The van der Waals surface area contributed by atoms with Gasteiger partial charge < -0.3 is 9.80 Å². The van der Waals surface area contributed by atoms with Crippen molar-refractivity contribution in [3.63, 3.8) is 0 Å². The van der Waals surface area contributed by atoms with E-state index in [1.165, 1.54) is 80.9 Å². The summed E-state index contributed by atoms with van der Waals surface area (Å²) < 4.78 is 0. The van der Waals surface area contributed by atoms with E-state index in [-0.39, 0.29) is 5.66 Å². The van der Waals surface area contributed by atoms with E-state index in [9.17, 15) is 0 Å². The first-order valence-corrected chi connectivity index (χ1v) is 16.1. The standard InChI is InChI=1S/C38H52N2/c1-3-5-6-7-8-9-10-11-12-22-29-39-30-31-40(33-35-25-18-14-19-26-35)38(39,32-34-23-16-13-17-24-34)37(4-2)36-27-20-15-21-28-36/h13-21,23-28,30-31,37H,3-12,22,29,32-33H2,1-2H3. The maximum absolute atomic E-state index is 2.72. The Kier molecular flexibility index (Phi) is 12.2. The first-order valence-electron chi connectivity index (χ1n) is 16.1. The minimum Gasteiger partial charge on any atom is -0.353 e. The summed E-state index contributed by atoms with van der Waals surface area (Å²) in [6, 6.07) is 33.4. The summed E-state index contributed by atoms with van der Waals surface area (Å²) in [6.07, 6.45) is 20.6. The molecule has 0 amide bonds. The zero-order valence-corrected chi connectivity index (χ0v) is 25.2. The fraction of sp³-hybridized carbons (Fsp3) is 0.474. The quantitative estimate of drug-likeness (QED) is 0.149. The van der Waals surface area contributed by atoms with Crippen molar-refractivity contribution in [1.82, 2.24) is 9.80 Å². The summed E-state index contributed by atoms with van der Waals surface area (Å²) >= 11 is 0. The lowest BCUT2D eigenvalue weighted by atomic mass is 9.78. The second-order valence-electron chi connectivity index (χ2n) is 11.7. The van der Waals surface area contributed by atoms with Crippen LogP contribution in [0.25, 0.3) is 0 Å². The maximum Gasteiger partial charge on any atom is 0.123 e. The zero-order chi connectivity index (χ0) is 27.9. The van der Waals surface area contributed by atoms with Crippen LogP contribution < -0.4 is 0 Å². The third-order valence-corrected chi connectivity index (χ3v) is 8.84. The largest absolute Gasteiger partial charge is 0.353 e. The van der Waals surface area contributed by atoms with Gasteiger partial charge in [-0.2, -0.15) is 0 Å². The van der Waals surface area contributed by atoms with Crippen LogP contribution in [0.2, 0.25) is 0 Å². The summed E-state index contributed by atoms with van der Waals surface area (Å²) in [5.74, 6) is 0.385. The molecule has 0 saturated heterocycles. The molecule has 1 aliphatic rings. The Morgan fingerprint density at radius 2 is 1.05 bits per heavy atom. The summed E-state index contributed by atoms with van der Waals surface area (Å²) in [7, 11) is 0. The van der Waals surface area contributed by atoms with Crippen molar-refractivity contribution in [2.24, 2.45) is 0 Å². The molecule has 214 valence electrons. The first-order chi connectivity index (χ1) is 19.8. The molecule has 0 bridgehead atoms. The molecule has 0 N–H and O–H groups in total. The first kappa shape index (κ1) is 30.0. The average molecular weight is 537 g/mol. The lowest BCUT2D eigenvalue weighted by Crippen LogP contribution is -2.59. The highest BCUT2D eigenvalue weighted by molar-refractivity contribution is 5.31. The molecule has 2 heteroatoms. The van der Waals surface area contributed by atoms with E-state index in [0.717, 1.165) is 25.9 Å². The van der Waals surface area contributed by atoms with Gasteiger partial charge in [-0.1, -0.05) is 163 Å². The van der Waals surface area contributed by atoms with Gasteiger partial charge in [0.05, 0.1) is 0 Å². The van der Waals surface area contributed by atoms with Crippen LogP contribution in [0.15, 0.2) is 103 Å². The second-order valence-corrected chi connectivity index (χ2v) is 11.7. The second kappa shape index (κ2) is 16.3. The van der Waals surface area contributed by atoms with Crippen LogP contribution in [-0.2, 0) is 13.0 Å². The van der Waals surface area contributed by atoms with Crippen molar-refractivity contribution in [1.29, 1.82) is 0 Å². The van der Waals surface area contributed by atoms with Gasteiger partial charge in [0.2, 0.25) is 0 Å². The molecule has 0 radical (unpaired) electrons. The van der Waals surface area contributed by atoms with E-state index >= 15 is 0 Å². The Labute approximate surface area is 245 Å². The van der Waals surface area contributed by atoms with E-state index in [4.69, 9.17) is 0 Å². The molecule has 0 aliphatic carbocycles. The molecule has 40 heavy (non-hydrogen) atoms. The van der Waals surface area contributed by atoms with Crippen molar-refractivity contribution in [2.75, 3.05) is 6.54 Å². The van der Waals surface area contributed by atoms with Crippen molar-refractivity contribution < 1.29 is 0 Å². The minimum atomic E-state index is -0.146. The zero-order valence-electron chi connectivity index (χ0n) is 25.2. The predicted molar refractivity (Wildman–Crippen MR) is 172 cm³/mol. The normalized spacial score (nSPS) is 17.4. The van der Waals surface area contributed by atoms with Crippen LogP contribution in [0.4, 0.5) is 0 Å². The number of hydrogen-bond donors (Lipinski definition) is 0. The van der Waals surface area contributed by atoms with E-state index in [0.29, 0.717) is 5.92 Å². The number of unbranched alkanes of at least 4 members (excludes halogenated alkanes) is 9. The van der Waals surface area contributed by atoms with Gasteiger partial charge in [0, 0.05) is 37.8 Å². The molecule has 0 aromatic heterocycles. The molecule has 2 unspecified atom stereocenters. The number of rotatable bonds is 18. The van der Waals surface area contributed by atoms with Crippen LogP contribution in [0, 0.1) is 0 Å². The fourth-order valence-corrected chi connectivity index (χ4v) is 6.73. The predicted octanol–water partition coefficient (Wildman–Crippen LogP) is 10.3. The average Bonchev–Trinajstić information content (AvgIpc) is 3.32. The van der Waals surface area contributed by atoms with Gasteiger partial charge in [-0.25, -0.2) is 0 Å². The van der Waals surface area contributed by atoms with Gasteiger partial charge in [-0.15, -0.1) is 0 Å². The Bertz CT molecular complexity index is 1090. The van der Waals surface area contributed by atoms with Crippen LogP contribution in [0.5, 0.6) is 0 Å². The monoisotopic (exact) mass is 536 g/mol. The molecular weight excluding hydrogens is 484 g/mol. The minimum absolute atomic E-state index is 0.146. The van der Waals surface area contributed by atoms with Crippen molar-refractivity contribution in [3.05, 3.63) is 120 Å². The smallest absolute Gasteiger partial charge is 0.123 e. The Morgan fingerprint density at radius 1 is 0.550 bits per heavy atom.